The summed E-state index contributed by atoms with van der Waals surface area (Å²) in [5.41, 5.74) is 5.31. The normalized spacial score (nSPS) is 10.9. The van der Waals surface area contributed by atoms with Crippen LogP contribution < -0.4 is 11.1 Å². The van der Waals surface area contributed by atoms with Crippen LogP contribution in [0.5, 0.6) is 0 Å². The second-order valence-electron chi connectivity index (χ2n) is 3.98. The third-order valence-electron chi connectivity index (χ3n) is 1.15. The van der Waals surface area contributed by atoms with Gasteiger partial charge in [0.05, 0.1) is 11.4 Å². The maximum atomic E-state index is 11.0. The number of nitrogens with one attached hydrogen (secondary N) is 1. The highest BCUT2D eigenvalue weighted by Gasteiger charge is 2.11. The van der Waals surface area contributed by atoms with E-state index in [0.717, 1.165) is 0 Å². The summed E-state index contributed by atoms with van der Waals surface area (Å²) < 4.78 is 0. The Bertz CT molecular complexity index is 184. The summed E-state index contributed by atoms with van der Waals surface area (Å²) in [5, 5.41) is 2.75. The van der Waals surface area contributed by atoms with E-state index in [9.17, 15) is 4.79 Å². The molecule has 0 heterocycles. The lowest BCUT2D eigenvalue weighted by Crippen LogP contribution is -2.34. The van der Waals surface area contributed by atoms with Crippen molar-refractivity contribution in [2.24, 2.45) is 11.1 Å². The molecule has 0 saturated carbocycles. The summed E-state index contributed by atoms with van der Waals surface area (Å²) in [6.45, 7) is 6.80. The molecule has 0 rings (SSSR count). The summed E-state index contributed by atoms with van der Waals surface area (Å²) in [4.78, 5) is 11.3. The third kappa shape index (κ3) is 7.47. The fraction of sp³-hybridized carbons (Fsp3) is 0.750. The van der Waals surface area contributed by atoms with E-state index < -0.39 is 0 Å². The zero-order chi connectivity index (χ0) is 9.78. The number of nitrogens with two attached hydrogens (primary N) is 1. The average molecular weight is 188 g/mol. The van der Waals surface area contributed by atoms with Gasteiger partial charge >= 0.3 is 0 Å². The molecule has 0 aliphatic heterocycles. The first-order valence-corrected chi connectivity index (χ1v) is 4.27. The van der Waals surface area contributed by atoms with E-state index in [2.05, 4.69) is 17.5 Å². The van der Waals surface area contributed by atoms with Crippen molar-refractivity contribution in [2.75, 3.05) is 6.54 Å². The molecule has 0 saturated heterocycles. The molecule has 0 fully saturated rings. The highest BCUT2D eigenvalue weighted by atomic mass is 32.1. The minimum Gasteiger partial charge on any atom is -0.393 e. The monoisotopic (exact) mass is 188 g/mol. The van der Waals surface area contributed by atoms with E-state index in [0.29, 0.717) is 6.54 Å². The van der Waals surface area contributed by atoms with Gasteiger partial charge in [0.15, 0.2) is 0 Å². The largest absolute Gasteiger partial charge is 0.393 e. The molecule has 0 radical (unpaired) electrons. The Kier molecular flexibility index (Phi) is 4.17. The molecule has 0 unspecified atom stereocenters. The lowest BCUT2D eigenvalue weighted by Gasteiger charge is -2.18. The van der Waals surface area contributed by atoms with Crippen LogP contribution in [0.2, 0.25) is 0 Å². The quantitative estimate of drug-likeness (QED) is 0.645. The van der Waals surface area contributed by atoms with Gasteiger partial charge in [-0.3, -0.25) is 4.79 Å². The van der Waals surface area contributed by atoms with Crippen molar-refractivity contribution < 1.29 is 4.79 Å². The van der Waals surface area contributed by atoms with Gasteiger partial charge in [-0.25, -0.2) is 0 Å². The van der Waals surface area contributed by atoms with E-state index in [4.69, 9.17) is 5.73 Å². The number of amides is 1. The molecular formula is C8H16N2OS. The zero-order valence-corrected chi connectivity index (χ0v) is 8.62. The minimum atomic E-state index is -0.0996. The lowest BCUT2D eigenvalue weighted by molar-refractivity contribution is -0.120. The number of hydrogen-bond acceptors (Lipinski definition) is 2. The first-order chi connectivity index (χ1) is 5.31. The van der Waals surface area contributed by atoms with Gasteiger partial charge in [0.1, 0.15) is 0 Å². The number of carbonyl (C=O) groups excluding carboxylic acids is 1. The van der Waals surface area contributed by atoms with Crippen LogP contribution in [0.15, 0.2) is 0 Å². The number of carbonyl (C=O) groups is 1. The summed E-state index contributed by atoms with van der Waals surface area (Å²) in [7, 11) is 0. The number of thiocarbonyl (C=S) groups is 1. The average Bonchev–Trinajstić information content (AvgIpc) is 1.80. The number of rotatable bonds is 3. The minimum absolute atomic E-state index is 0.0996. The van der Waals surface area contributed by atoms with Gasteiger partial charge in [-0.15, -0.1) is 0 Å². The van der Waals surface area contributed by atoms with Crippen molar-refractivity contribution in [3.8, 4) is 0 Å². The third-order valence-corrected chi connectivity index (χ3v) is 1.30. The number of hydrogen-bond donors (Lipinski definition) is 2. The van der Waals surface area contributed by atoms with E-state index in [-0.39, 0.29) is 22.7 Å². The van der Waals surface area contributed by atoms with Crippen molar-refractivity contribution in [1.29, 1.82) is 0 Å². The summed E-state index contributed by atoms with van der Waals surface area (Å²) >= 11 is 4.60. The molecule has 0 bridgehead atoms. The van der Waals surface area contributed by atoms with E-state index >= 15 is 0 Å². The molecule has 3 N–H and O–H groups in total. The SMILES string of the molecule is CC(C)(C)CNC(=O)CC(N)=S. The molecule has 3 nitrogen and oxygen atoms in total. The molecule has 0 aromatic heterocycles. The maximum absolute atomic E-state index is 11.0. The van der Waals surface area contributed by atoms with Crippen LogP contribution >= 0.6 is 12.2 Å². The van der Waals surface area contributed by atoms with Crippen LogP contribution in [0.3, 0.4) is 0 Å². The maximum Gasteiger partial charge on any atom is 0.226 e. The Hall–Kier alpha value is -0.640. The van der Waals surface area contributed by atoms with Crippen LogP contribution in [0, 0.1) is 5.41 Å². The molecule has 0 spiro atoms. The Balaban J connectivity index is 3.65. The van der Waals surface area contributed by atoms with Gasteiger partial charge in [-0.05, 0) is 5.41 Å². The van der Waals surface area contributed by atoms with Crippen LogP contribution in [-0.4, -0.2) is 17.4 Å². The summed E-state index contributed by atoms with van der Waals surface area (Å²) in [6.07, 6.45) is 0.144. The van der Waals surface area contributed by atoms with Gasteiger partial charge in [0.2, 0.25) is 5.91 Å². The molecule has 0 aliphatic rings. The highest BCUT2D eigenvalue weighted by molar-refractivity contribution is 7.80. The smallest absolute Gasteiger partial charge is 0.226 e. The second kappa shape index (κ2) is 4.40. The molecule has 0 aromatic rings. The molecule has 0 aromatic carbocycles. The van der Waals surface area contributed by atoms with Crippen LogP contribution in [0.1, 0.15) is 27.2 Å². The van der Waals surface area contributed by atoms with Crippen molar-refractivity contribution in [3.63, 3.8) is 0 Å². The molecule has 0 aliphatic carbocycles. The summed E-state index contributed by atoms with van der Waals surface area (Å²) in [6, 6.07) is 0. The van der Waals surface area contributed by atoms with Crippen LogP contribution in [0.4, 0.5) is 0 Å². The lowest BCUT2D eigenvalue weighted by atomic mass is 9.97. The molecular weight excluding hydrogens is 172 g/mol. The Morgan fingerprint density at radius 1 is 1.50 bits per heavy atom. The van der Waals surface area contributed by atoms with Crippen LogP contribution in [-0.2, 0) is 4.79 Å². The Morgan fingerprint density at radius 2 is 2.00 bits per heavy atom. The van der Waals surface area contributed by atoms with Gasteiger partial charge in [-0.2, -0.15) is 0 Å². The molecule has 1 amide bonds. The molecule has 70 valence electrons. The summed E-state index contributed by atoms with van der Waals surface area (Å²) in [5.74, 6) is -0.0996. The topological polar surface area (TPSA) is 55.1 Å². The van der Waals surface area contributed by atoms with Crippen molar-refractivity contribution >= 4 is 23.1 Å². The van der Waals surface area contributed by atoms with Crippen LogP contribution in [0.25, 0.3) is 0 Å². The fourth-order valence-corrected chi connectivity index (χ4v) is 0.716. The Labute approximate surface area is 78.7 Å². The standard InChI is InChI=1S/C8H16N2OS/c1-8(2,3)5-10-7(11)4-6(9)12/h4-5H2,1-3H3,(H2,9,12)(H,10,11). The van der Waals surface area contributed by atoms with Crippen molar-refractivity contribution in [2.45, 2.75) is 27.2 Å². The zero-order valence-electron chi connectivity index (χ0n) is 7.81. The highest BCUT2D eigenvalue weighted by Crippen LogP contribution is 2.09. The van der Waals surface area contributed by atoms with E-state index in [1.54, 1.807) is 0 Å². The molecule has 4 heteroatoms. The van der Waals surface area contributed by atoms with Crippen molar-refractivity contribution in [3.05, 3.63) is 0 Å². The first kappa shape index (κ1) is 11.4. The van der Waals surface area contributed by atoms with Gasteiger partial charge in [0.25, 0.3) is 0 Å². The predicted molar refractivity (Wildman–Crippen MR) is 53.9 cm³/mol. The fourth-order valence-electron chi connectivity index (χ4n) is 0.584. The molecule has 12 heavy (non-hydrogen) atoms. The van der Waals surface area contributed by atoms with Gasteiger partial charge < -0.3 is 11.1 Å². The second-order valence-corrected chi connectivity index (χ2v) is 4.50. The van der Waals surface area contributed by atoms with E-state index in [1.807, 2.05) is 20.8 Å². The van der Waals surface area contributed by atoms with Crippen molar-refractivity contribution in [1.82, 2.24) is 5.32 Å². The first-order valence-electron chi connectivity index (χ1n) is 3.86. The Morgan fingerprint density at radius 3 is 2.33 bits per heavy atom. The van der Waals surface area contributed by atoms with E-state index in [1.165, 1.54) is 0 Å². The van der Waals surface area contributed by atoms with Gasteiger partial charge in [-0.1, -0.05) is 33.0 Å². The predicted octanol–water partition coefficient (Wildman–Crippen LogP) is 0.825. The molecule has 0 atom stereocenters. The van der Waals surface area contributed by atoms with Gasteiger partial charge in [0, 0.05) is 6.54 Å².